The van der Waals surface area contributed by atoms with Gasteiger partial charge in [0, 0.05) is 0 Å². The number of hydrogen-bond acceptors (Lipinski definition) is 1. The Bertz CT molecular complexity index is 254. The number of methoxy groups -OCH3 is 1. The molecule has 1 nitrogen and oxygen atoms in total. The smallest absolute Gasteiger partial charge is 0.339 e. The van der Waals surface area contributed by atoms with Crippen molar-refractivity contribution in [1.29, 1.82) is 0 Å². The molecule has 0 saturated carbocycles. The first-order valence-electron chi connectivity index (χ1n) is 3.16. The van der Waals surface area contributed by atoms with E-state index in [0.29, 0.717) is 0 Å². The second-order valence-electron chi connectivity index (χ2n) is 2.14. The molecule has 0 heterocycles. The molecule has 0 amide bonds. The summed E-state index contributed by atoms with van der Waals surface area (Å²) in [7, 11) is 1.60. The van der Waals surface area contributed by atoms with Crippen molar-refractivity contribution in [3.8, 4) is 5.75 Å². The highest BCUT2D eigenvalue weighted by Gasteiger charge is 2.35. The Morgan fingerprint density at radius 2 is 1.58 bits per heavy atom. The third kappa shape index (κ3) is 2.67. The maximum Gasteiger partial charge on any atom is 0.339 e. The van der Waals surface area contributed by atoms with Gasteiger partial charge in [-0.3, -0.25) is 0 Å². The first-order valence-corrected chi connectivity index (χ1v) is 7.67. The standard InChI is InChI=1S/C7H7Cl3OP/c1-11-6-2-4-7(5-3-6)12(8,9)10/h2-5H,1H3/q+1. The Hall–Kier alpha value is 0.320. The molecule has 0 N–H and O–H groups in total. The van der Waals surface area contributed by atoms with Crippen molar-refractivity contribution in [2.75, 3.05) is 7.11 Å². The summed E-state index contributed by atoms with van der Waals surface area (Å²) in [5.41, 5.74) is 0. The van der Waals surface area contributed by atoms with E-state index in [9.17, 15) is 0 Å². The van der Waals surface area contributed by atoms with Crippen LogP contribution in [0.25, 0.3) is 0 Å². The zero-order valence-electron chi connectivity index (χ0n) is 6.30. The Kier molecular flexibility index (Phi) is 3.48. The van der Waals surface area contributed by atoms with Crippen molar-refractivity contribution < 1.29 is 4.74 Å². The van der Waals surface area contributed by atoms with Gasteiger partial charge in [-0.25, -0.2) is 0 Å². The second-order valence-corrected chi connectivity index (χ2v) is 9.67. The first kappa shape index (κ1) is 10.4. The van der Waals surface area contributed by atoms with Crippen LogP contribution in [0.1, 0.15) is 0 Å². The molecule has 0 spiro atoms. The lowest BCUT2D eigenvalue weighted by molar-refractivity contribution is 0.415. The van der Waals surface area contributed by atoms with Crippen molar-refractivity contribution in [2.24, 2.45) is 0 Å². The van der Waals surface area contributed by atoms with E-state index < -0.39 is 5.32 Å². The summed E-state index contributed by atoms with van der Waals surface area (Å²) < 4.78 is 4.96. The van der Waals surface area contributed by atoms with Gasteiger partial charge in [0.1, 0.15) is 44.8 Å². The third-order valence-electron chi connectivity index (χ3n) is 1.37. The molecule has 0 aliphatic heterocycles. The molecule has 0 unspecified atom stereocenters. The van der Waals surface area contributed by atoms with Crippen LogP contribution in [0.2, 0.25) is 0 Å². The van der Waals surface area contributed by atoms with E-state index in [1.54, 1.807) is 31.4 Å². The Morgan fingerprint density at radius 1 is 1.08 bits per heavy atom. The Labute approximate surface area is 86.3 Å². The number of rotatable bonds is 2. The molecular weight excluding hydrogens is 237 g/mol. The topological polar surface area (TPSA) is 9.23 Å². The first-order chi connectivity index (χ1) is 5.54. The maximum absolute atomic E-state index is 5.76. The number of halogens is 3. The third-order valence-corrected chi connectivity index (χ3v) is 4.01. The van der Waals surface area contributed by atoms with Gasteiger partial charge in [-0.15, -0.1) is 0 Å². The molecule has 0 aliphatic rings. The summed E-state index contributed by atoms with van der Waals surface area (Å²) in [5, 5.41) is -1.69. The van der Waals surface area contributed by atoms with Crippen LogP contribution in [0.5, 0.6) is 5.75 Å². The van der Waals surface area contributed by atoms with E-state index in [-0.39, 0.29) is 0 Å². The van der Waals surface area contributed by atoms with Gasteiger partial charge in [0.25, 0.3) is 0 Å². The normalized spacial score (nSPS) is 11.3. The van der Waals surface area contributed by atoms with E-state index in [2.05, 4.69) is 0 Å². The van der Waals surface area contributed by atoms with Gasteiger partial charge < -0.3 is 4.74 Å². The molecule has 0 fully saturated rings. The fraction of sp³-hybridized carbons (Fsp3) is 0.143. The highest BCUT2D eigenvalue weighted by Crippen LogP contribution is 2.72. The van der Waals surface area contributed by atoms with Crippen LogP contribution in [-0.4, -0.2) is 7.11 Å². The molecule has 0 atom stereocenters. The molecule has 0 bridgehead atoms. The van der Waals surface area contributed by atoms with Gasteiger partial charge in [0.2, 0.25) is 0 Å². The highest BCUT2D eigenvalue weighted by molar-refractivity contribution is 8.36. The molecule has 12 heavy (non-hydrogen) atoms. The van der Waals surface area contributed by atoms with Crippen LogP contribution in [-0.2, 0) is 0 Å². The van der Waals surface area contributed by atoms with Crippen LogP contribution in [0.3, 0.4) is 0 Å². The minimum absolute atomic E-state index is 0.744. The van der Waals surface area contributed by atoms with Crippen molar-refractivity contribution in [3.05, 3.63) is 24.3 Å². The van der Waals surface area contributed by atoms with Gasteiger partial charge in [-0.05, 0) is 24.3 Å². The van der Waals surface area contributed by atoms with Gasteiger partial charge in [0.15, 0.2) is 0 Å². The predicted molar refractivity (Wildman–Crippen MR) is 57.1 cm³/mol. The maximum atomic E-state index is 5.76. The molecular formula is C7H7Cl3OP+. The van der Waals surface area contributed by atoms with Crippen molar-refractivity contribution >= 4 is 44.3 Å². The minimum atomic E-state index is -2.44. The Balaban J connectivity index is 2.93. The summed E-state index contributed by atoms with van der Waals surface area (Å²) in [6, 6.07) is 7.08. The molecule has 1 rings (SSSR count). The van der Waals surface area contributed by atoms with Crippen LogP contribution < -0.4 is 10.0 Å². The zero-order chi connectivity index (χ0) is 9.19. The summed E-state index contributed by atoms with van der Waals surface area (Å²) >= 11 is 17.3. The van der Waals surface area contributed by atoms with Crippen molar-refractivity contribution in [3.63, 3.8) is 0 Å². The van der Waals surface area contributed by atoms with Crippen molar-refractivity contribution in [2.45, 2.75) is 0 Å². The molecule has 0 saturated heterocycles. The second kappa shape index (κ2) is 4.02. The SMILES string of the molecule is COc1ccc([P+](Cl)(Cl)Cl)cc1. The highest BCUT2D eigenvalue weighted by atomic mass is 36.1. The average molecular weight is 244 g/mol. The molecule has 5 heteroatoms. The molecule has 0 radical (unpaired) electrons. The van der Waals surface area contributed by atoms with Crippen LogP contribution in [0, 0.1) is 0 Å². The van der Waals surface area contributed by atoms with Crippen LogP contribution in [0.4, 0.5) is 0 Å². The zero-order valence-corrected chi connectivity index (χ0v) is 9.46. The fourth-order valence-electron chi connectivity index (χ4n) is 0.751. The molecule has 0 aliphatic carbocycles. The monoisotopic (exact) mass is 243 g/mol. The molecule has 0 aromatic heterocycles. The predicted octanol–water partition coefficient (Wildman–Crippen LogP) is 3.80. The number of benzene rings is 1. The number of ether oxygens (including phenoxy) is 1. The Morgan fingerprint density at radius 3 is 1.92 bits per heavy atom. The number of hydrogen-bond donors (Lipinski definition) is 0. The van der Waals surface area contributed by atoms with Gasteiger partial charge in [-0.1, -0.05) is 0 Å². The summed E-state index contributed by atoms with van der Waals surface area (Å²) in [6.45, 7) is 0. The summed E-state index contributed by atoms with van der Waals surface area (Å²) in [6.07, 6.45) is 0. The summed E-state index contributed by atoms with van der Waals surface area (Å²) in [4.78, 5) is 0. The van der Waals surface area contributed by atoms with E-state index in [4.69, 9.17) is 38.5 Å². The lowest BCUT2D eigenvalue weighted by Gasteiger charge is -2.01. The molecule has 66 valence electrons. The largest absolute Gasteiger partial charge is 0.497 e. The summed E-state index contributed by atoms with van der Waals surface area (Å²) in [5.74, 6) is 0.761. The van der Waals surface area contributed by atoms with Gasteiger partial charge in [-0.2, -0.15) is 0 Å². The van der Waals surface area contributed by atoms with Crippen molar-refractivity contribution in [1.82, 2.24) is 0 Å². The fourth-order valence-corrected chi connectivity index (χ4v) is 2.25. The van der Waals surface area contributed by atoms with E-state index in [0.717, 1.165) is 11.1 Å². The van der Waals surface area contributed by atoms with Gasteiger partial charge in [0.05, 0.1) is 7.11 Å². The van der Waals surface area contributed by atoms with E-state index >= 15 is 0 Å². The average Bonchev–Trinajstić information content (AvgIpc) is 2.03. The van der Waals surface area contributed by atoms with E-state index in [1.165, 1.54) is 0 Å². The van der Waals surface area contributed by atoms with Crippen LogP contribution >= 0.6 is 39.0 Å². The lowest BCUT2D eigenvalue weighted by atomic mass is 10.3. The van der Waals surface area contributed by atoms with E-state index in [1.807, 2.05) is 0 Å². The van der Waals surface area contributed by atoms with Crippen LogP contribution in [0.15, 0.2) is 24.3 Å². The quantitative estimate of drug-likeness (QED) is 0.719. The van der Waals surface area contributed by atoms with Gasteiger partial charge >= 0.3 is 5.32 Å². The molecule has 1 aromatic rings. The molecule has 1 aromatic carbocycles. The minimum Gasteiger partial charge on any atom is -0.497 e. The lowest BCUT2D eigenvalue weighted by Crippen LogP contribution is -1.97.